The van der Waals surface area contributed by atoms with E-state index in [1.165, 1.54) is 0 Å². The Morgan fingerprint density at radius 3 is 2.48 bits per heavy atom. The molecule has 0 aliphatic rings. The number of ether oxygens (including phenoxy) is 1. The van der Waals surface area contributed by atoms with Crippen LogP contribution in [0.1, 0.15) is 12.5 Å². The highest BCUT2D eigenvalue weighted by Gasteiger charge is 2.26. The lowest BCUT2D eigenvalue weighted by Gasteiger charge is -2.11. The highest BCUT2D eigenvalue weighted by molar-refractivity contribution is 5.92. The van der Waals surface area contributed by atoms with Crippen molar-refractivity contribution >= 4 is 16.9 Å². The van der Waals surface area contributed by atoms with Crippen LogP contribution < -0.4 is 0 Å². The molecule has 5 heteroatoms. The zero-order valence-corrected chi connectivity index (χ0v) is 14.3. The Kier molecular flexibility index (Phi) is 4.93. The number of para-hydroxylation sites is 1. The molecular weight excluding hydrogens is 316 g/mol. The van der Waals surface area contributed by atoms with Gasteiger partial charge in [-0.1, -0.05) is 53.7 Å². The van der Waals surface area contributed by atoms with Crippen LogP contribution in [0, 0.1) is 4.91 Å². The molecule has 2 aromatic carbocycles. The van der Waals surface area contributed by atoms with Gasteiger partial charge in [0.2, 0.25) is 0 Å². The summed E-state index contributed by atoms with van der Waals surface area (Å²) in [6.07, 6.45) is 0.216. The summed E-state index contributed by atoms with van der Waals surface area (Å²) >= 11 is 0. The van der Waals surface area contributed by atoms with E-state index in [1.54, 1.807) is 6.92 Å². The fourth-order valence-electron chi connectivity index (χ4n) is 3.24. The van der Waals surface area contributed by atoms with E-state index < -0.39 is 12.0 Å². The van der Waals surface area contributed by atoms with E-state index in [0.717, 1.165) is 27.7 Å². The van der Waals surface area contributed by atoms with E-state index in [2.05, 4.69) is 9.74 Å². The number of fused-ring (bicyclic) bond motifs is 1. The highest BCUT2D eigenvalue weighted by atomic mass is 16.5. The second-order valence-electron chi connectivity index (χ2n) is 5.85. The van der Waals surface area contributed by atoms with Crippen LogP contribution in [-0.2, 0) is 23.0 Å². The zero-order valence-electron chi connectivity index (χ0n) is 14.3. The van der Waals surface area contributed by atoms with Gasteiger partial charge in [0.1, 0.15) is 0 Å². The van der Waals surface area contributed by atoms with Gasteiger partial charge in [-0.3, -0.25) is 0 Å². The van der Waals surface area contributed by atoms with Crippen LogP contribution in [0.4, 0.5) is 0 Å². The second-order valence-corrected chi connectivity index (χ2v) is 5.85. The number of aryl methyl sites for hydroxylation is 1. The van der Waals surface area contributed by atoms with Crippen molar-refractivity contribution in [3.63, 3.8) is 0 Å². The summed E-state index contributed by atoms with van der Waals surface area (Å²) < 4.78 is 7.08. The lowest BCUT2D eigenvalue weighted by atomic mass is 9.99. The van der Waals surface area contributed by atoms with E-state index in [9.17, 15) is 9.70 Å². The number of hydrogen-bond donors (Lipinski definition) is 0. The summed E-state index contributed by atoms with van der Waals surface area (Å²) in [6, 6.07) is 16.8. The zero-order chi connectivity index (χ0) is 17.8. The molecule has 0 amide bonds. The fourth-order valence-corrected chi connectivity index (χ4v) is 3.24. The van der Waals surface area contributed by atoms with Crippen molar-refractivity contribution in [1.82, 2.24) is 4.57 Å². The third-order valence-electron chi connectivity index (χ3n) is 4.34. The third-order valence-corrected chi connectivity index (χ3v) is 4.34. The molecule has 3 rings (SSSR count). The van der Waals surface area contributed by atoms with E-state index in [0.29, 0.717) is 0 Å². The smallest absolute Gasteiger partial charge is 0.334 e. The second kappa shape index (κ2) is 7.30. The normalized spacial score (nSPS) is 12.1. The van der Waals surface area contributed by atoms with Gasteiger partial charge in [-0.05, 0) is 24.1 Å². The molecule has 0 saturated heterocycles. The Morgan fingerprint density at radius 1 is 1.12 bits per heavy atom. The van der Waals surface area contributed by atoms with Crippen LogP contribution in [0.25, 0.3) is 22.2 Å². The van der Waals surface area contributed by atoms with Crippen molar-refractivity contribution < 1.29 is 9.53 Å². The van der Waals surface area contributed by atoms with Crippen LogP contribution in [0.3, 0.4) is 0 Å². The molecule has 25 heavy (non-hydrogen) atoms. The minimum absolute atomic E-state index is 0.216. The Bertz CT molecular complexity index is 900. The molecule has 0 saturated carbocycles. The maximum absolute atomic E-state index is 12.0. The molecule has 0 fully saturated rings. The summed E-state index contributed by atoms with van der Waals surface area (Å²) in [5.41, 5.74) is 4.00. The lowest BCUT2D eigenvalue weighted by molar-refractivity contribution is -0.144. The van der Waals surface area contributed by atoms with Gasteiger partial charge in [0, 0.05) is 24.4 Å². The summed E-state index contributed by atoms with van der Waals surface area (Å²) in [6.45, 7) is 1.94. The van der Waals surface area contributed by atoms with E-state index in [1.807, 2.05) is 61.6 Å². The van der Waals surface area contributed by atoms with Crippen molar-refractivity contribution in [2.24, 2.45) is 12.2 Å². The quantitative estimate of drug-likeness (QED) is 0.503. The largest absolute Gasteiger partial charge is 0.464 e. The van der Waals surface area contributed by atoms with Gasteiger partial charge in [-0.2, -0.15) is 0 Å². The lowest BCUT2D eigenvalue weighted by Crippen LogP contribution is -2.23. The first-order valence-electron chi connectivity index (χ1n) is 8.28. The molecule has 5 nitrogen and oxygen atoms in total. The molecule has 0 radical (unpaired) electrons. The highest BCUT2D eigenvalue weighted by Crippen LogP contribution is 2.34. The molecule has 0 N–H and O–H groups in total. The topological polar surface area (TPSA) is 60.7 Å². The number of esters is 1. The SMILES string of the molecule is CCOC(=O)C(Cc1c(-c2ccccc2)n(C)c2ccccc12)N=O. The number of rotatable bonds is 6. The number of carbonyl (C=O) groups is 1. The number of nitroso groups, excluding NO2 is 1. The summed E-state index contributed by atoms with van der Waals surface area (Å²) in [5, 5.41) is 4.03. The molecule has 1 atom stereocenters. The average molecular weight is 336 g/mol. The Hall–Kier alpha value is -2.95. The number of aromatic nitrogens is 1. The van der Waals surface area contributed by atoms with Gasteiger partial charge in [-0.15, -0.1) is 4.91 Å². The van der Waals surface area contributed by atoms with Gasteiger partial charge >= 0.3 is 5.97 Å². The standard InChI is InChI=1S/C20H20N2O3/c1-3-25-20(23)17(21-24)13-16-15-11-7-8-12-18(15)22(2)19(16)14-9-5-4-6-10-14/h4-12,17H,3,13H2,1-2H3. The molecule has 1 aromatic heterocycles. The van der Waals surface area contributed by atoms with Crippen molar-refractivity contribution in [2.45, 2.75) is 19.4 Å². The van der Waals surface area contributed by atoms with Gasteiger partial charge in [0.05, 0.1) is 12.3 Å². The molecule has 0 bridgehead atoms. The molecule has 128 valence electrons. The number of benzene rings is 2. The van der Waals surface area contributed by atoms with Gasteiger partial charge in [-0.25, -0.2) is 4.79 Å². The number of carbonyl (C=O) groups excluding carboxylic acids is 1. The third kappa shape index (κ3) is 3.18. The molecule has 0 spiro atoms. The van der Waals surface area contributed by atoms with Gasteiger partial charge in [0.15, 0.2) is 6.04 Å². The van der Waals surface area contributed by atoms with Crippen LogP contribution in [-0.4, -0.2) is 23.2 Å². The Morgan fingerprint density at radius 2 is 1.80 bits per heavy atom. The first-order valence-corrected chi connectivity index (χ1v) is 8.28. The first-order chi connectivity index (χ1) is 12.2. The van der Waals surface area contributed by atoms with Crippen LogP contribution in [0.15, 0.2) is 59.8 Å². The minimum atomic E-state index is -1.05. The predicted molar refractivity (Wildman–Crippen MR) is 98.3 cm³/mol. The number of nitrogens with zero attached hydrogens (tertiary/aromatic N) is 2. The van der Waals surface area contributed by atoms with Crippen LogP contribution in [0.5, 0.6) is 0 Å². The Balaban J connectivity index is 2.16. The van der Waals surface area contributed by atoms with Crippen molar-refractivity contribution in [2.75, 3.05) is 6.61 Å². The summed E-state index contributed by atoms with van der Waals surface area (Å²) in [5.74, 6) is -0.579. The van der Waals surface area contributed by atoms with Gasteiger partial charge in [0.25, 0.3) is 0 Å². The van der Waals surface area contributed by atoms with Crippen LogP contribution >= 0.6 is 0 Å². The molecule has 3 aromatic rings. The van der Waals surface area contributed by atoms with Gasteiger partial charge < -0.3 is 9.30 Å². The molecule has 0 aliphatic carbocycles. The molecular formula is C20H20N2O3. The van der Waals surface area contributed by atoms with E-state index in [4.69, 9.17) is 4.74 Å². The first kappa shape index (κ1) is 16.9. The summed E-state index contributed by atoms with van der Waals surface area (Å²) in [4.78, 5) is 23.3. The average Bonchev–Trinajstić information content (AvgIpc) is 2.93. The molecule has 1 unspecified atom stereocenters. The Labute approximate surface area is 146 Å². The monoisotopic (exact) mass is 336 g/mol. The summed E-state index contributed by atoms with van der Waals surface area (Å²) in [7, 11) is 1.99. The van der Waals surface area contributed by atoms with E-state index in [-0.39, 0.29) is 13.0 Å². The van der Waals surface area contributed by atoms with Crippen molar-refractivity contribution in [3.8, 4) is 11.3 Å². The predicted octanol–water partition coefficient (Wildman–Crippen LogP) is 4.09. The van der Waals surface area contributed by atoms with Crippen molar-refractivity contribution in [3.05, 3.63) is 65.1 Å². The minimum Gasteiger partial charge on any atom is -0.464 e. The molecule has 1 heterocycles. The van der Waals surface area contributed by atoms with Crippen molar-refractivity contribution in [1.29, 1.82) is 0 Å². The van der Waals surface area contributed by atoms with Crippen LogP contribution in [0.2, 0.25) is 0 Å². The number of hydrogen-bond acceptors (Lipinski definition) is 4. The van der Waals surface area contributed by atoms with E-state index >= 15 is 0 Å². The molecule has 0 aliphatic heterocycles. The maximum atomic E-state index is 12.0. The fraction of sp³-hybridized carbons (Fsp3) is 0.250. The maximum Gasteiger partial charge on any atom is 0.334 e.